The summed E-state index contributed by atoms with van der Waals surface area (Å²) in [5.74, 6) is 0. The Morgan fingerprint density at radius 3 is 2.69 bits per heavy atom. The van der Waals surface area contributed by atoms with E-state index in [0.29, 0.717) is 13.1 Å². The molecule has 0 aromatic rings. The van der Waals surface area contributed by atoms with Crippen LogP contribution in [0.1, 0.15) is 20.3 Å². The molecule has 0 bridgehead atoms. The predicted molar refractivity (Wildman–Crippen MR) is 48.2 cm³/mol. The molecule has 0 aromatic heterocycles. The van der Waals surface area contributed by atoms with Gasteiger partial charge in [-0.15, -0.1) is 5.01 Å². The monoisotopic (exact) mass is 190 g/mol. The van der Waals surface area contributed by atoms with Crippen molar-refractivity contribution in [1.29, 1.82) is 0 Å². The standard InChI is InChI=1S/C7H18N4O2/c1-3-8-6-5-7-10(4-2)11(13)9-12/h8,12H,3-7H2,1-2H3/b11-9+. The minimum atomic E-state index is 0.214. The van der Waals surface area contributed by atoms with Crippen LogP contribution in [0.2, 0.25) is 0 Å². The molecule has 0 heterocycles. The van der Waals surface area contributed by atoms with Crippen LogP contribution in [0, 0.1) is 5.21 Å². The Morgan fingerprint density at radius 2 is 2.23 bits per heavy atom. The van der Waals surface area contributed by atoms with Gasteiger partial charge in [-0.2, -0.15) is 0 Å². The van der Waals surface area contributed by atoms with Gasteiger partial charge in [-0.1, -0.05) is 6.92 Å². The molecule has 0 saturated heterocycles. The Hall–Kier alpha value is -1.04. The molecule has 0 aliphatic heterocycles. The van der Waals surface area contributed by atoms with Crippen LogP contribution in [0.25, 0.3) is 0 Å². The van der Waals surface area contributed by atoms with Gasteiger partial charge in [-0.25, -0.2) is 0 Å². The van der Waals surface area contributed by atoms with Crippen molar-refractivity contribution in [2.24, 2.45) is 5.28 Å². The first-order valence-electron chi connectivity index (χ1n) is 4.54. The first-order chi connectivity index (χ1) is 6.26. The Balaban J connectivity index is 3.60. The average molecular weight is 190 g/mol. The van der Waals surface area contributed by atoms with Crippen molar-refractivity contribution in [3.05, 3.63) is 5.21 Å². The first-order valence-corrected chi connectivity index (χ1v) is 4.54. The van der Waals surface area contributed by atoms with E-state index >= 15 is 0 Å². The van der Waals surface area contributed by atoms with Gasteiger partial charge in [0.1, 0.15) is 0 Å². The first kappa shape index (κ1) is 12.0. The third-order valence-electron chi connectivity index (χ3n) is 1.70. The molecule has 0 radical (unpaired) electrons. The van der Waals surface area contributed by atoms with Crippen molar-refractivity contribution in [3.63, 3.8) is 0 Å². The SMILES string of the molecule is CCNCCCN(CC)/[N+]([O-])=N\O. The summed E-state index contributed by atoms with van der Waals surface area (Å²) in [6.07, 6.45) is 0.857. The van der Waals surface area contributed by atoms with E-state index in [1.54, 1.807) is 0 Å². The molecule has 13 heavy (non-hydrogen) atoms. The summed E-state index contributed by atoms with van der Waals surface area (Å²) in [4.78, 5) is 0.214. The van der Waals surface area contributed by atoms with Crippen molar-refractivity contribution in [2.45, 2.75) is 20.3 Å². The van der Waals surface area contributed by atoms with Gasteiger partial charge in [-0.3, -0.25) is 0 Å². The van der Waals surface area contributed by atoms with Gasteiger partial charge in [-0.05, 0) is 26.4 Å². The summed E-state index contributed by atoms with van der Waals surface area (Å²) in [6, 6.07) is 0. The lowest BCUT2D eigenvalue weighted by Crippen LogP contribution is -2.33. The van der Waals surface area contributed by atoms with Crippen LogP contribution < -0.4 is 5.32 Å². The predicted octanol–water partition coefficient (Wildman–Crippen LogP) is 0.575. The van der Waals surface area contributed by atoms with Crippen LogP contribution in [0.5, 0.6) is 0 Å². The number of nitrogens with one attached hydrogen (secondary N) is 1. The quantitative estimate of drug-likeness (QED) is 0.266. The summed E-state index contributed by atoms with van der Waals surface area (Å²) in [6.45, 7) is 6.80. The molecule has 0 aliphatic rings. The van der Waals surface area contributed by atoms with Crippen LogP contribution in [0.3, 0.4) is 0 Å². The topological polar surface area (TPSA) is 73.9 Å². The highest BCUT2D eigenvalue weighted by Gasteiger charge is 2.08. The Morgan fingerprint density at radius 1 is 1.54 bits per heavy atom. The van der Waals surface area contributed by atoms with E-state index < -0.39 is 0 Å². The maximum atomic E-state index is 10.8. The molecule has 0 unspecified atom stereocenters. The molecule has 0 aromatic carbocycles. The minimum absolute atomic E-state index is 0.214. The number of rotatable bonds is 7. The van der Waals surface area contributed by atoms with Crippen molar-refractivity contribution in [3.8, 4) is 0 Å². The third kappa shape index (κ3) is 5.24. The zero-order valence-corrected chi connectivity index (χ0v) is 8.23. The maximum Gasteiger partial charge on any atom is 0.230 e. The zero-order chi connectivity index (χ0) is 10.1. The lowest BCUT2D eigenvalue weighted by Gasteiger charge is -2.15. The van der Waals surface area contributed by atoms with E-state index in [1.165, 1.54) is 5.01 Å². The van der Waals surface area contributed by atoms with Crippen LogP contribution in [-0.2, 0) is 0 Å². The van der Waals surface area contributed by atoms with Gasteiger partial charge in [0.05, 0.1) is 18.1 Å². The lowest BCUT2D eigenvalue weighted by atomic mass is 10.4. The maximum absolute atomic E-state index is 10.8. The zero-order valence-electron chi connectivity index (χ0n) is 8.23. The normalized spacial score (nSPS) is 11.7. The van der Waals surface area contributed by atoms with Gasteiger partial charge in [0.15, 0.2) is 0 Å². The Labute approximate surface area is 78.4 Å². The molecule has 0 spiro atoms. The molecule has 0 fully saturated rings. The second-order valence-electron chi connectivity index (χ2n) is 2.60. The van der Waals surface area contributed by atoms with Crippen LogP contribution in [0.4, 0.5) is 0 Å². The van der Waals surface area contributed by atoms with Gasteiger partial charge in [0.25, 0.3) is 0 Å². The Kier molecular flexibility index (Phi) is 6.99. The third-order valence-corrected chi connectivity index (χ3v) is 1.70. The van der Waals surface area contributed by atoms with E-state index in [-0.39, 0.29) is 4.97 Å². The van der Waals surface area contributed by atoms with Crippen molar-refractivity contribution < 1.29 is 10.2 Å². The van der Waals surface area contributed by atoms with Crippen LogP contribution in [0.15, 0.2) is 5.28 Å². The summed E-state index contributed by atoms with van der Waals surface area (Å²) >= 11 is 0. The number of nitrogens with zero attached hydrogens (tertiary/aromatic N) is 3. The second-order valence-corrected chi connectivity index (χ2v) is 2.60. The Bertz CT molecular complexity index is 151. The average Bonchev–Trinajstić information content (AvgIpc) is 2.17. The molecule has 0 saturated carbocycles. The number of hydrazine groups is 1. The lowest BCUT2D eigenvalue weighted by molar-refractivity contribution is -0.709. The van der Waals surface area contributed by atoms with Crippen molar-refractivity contribution in [1.82, 2.24) is 10.3 Å². The molecule has 0 aliphatic carbocycles. The largest absolute Gasteiger partial charge is 0.569 e. The molecule has 0 rings (SSSR count). The fourth-order valence-electron chi connectivity index (χ4n) is 0.985. The summed E-state index contributed by atoms with van der Waals surface area (Å²) in [7, 11) is 0. The second kappa shape index (κ2) is 7.60. The van der Waals surface area contributed by atoms with E-state index in [4.69, 9.17) is 5.21 Å². The van der Waals surface area contributed by atoms with Crippen LogP contribution in [-0.4, -0.2) is 41.4 Å². The molecule has 6 heteroatoms. The molecule has 0 atom stereocenters. The highest BCUT2D eigenvalue weighted by atomic mass is 16.6. The fourth-order valence-corrected chi connectivity index (χ4v) is 0.985. The highest BCUT2D eigenvalue weighted by Crippen LogP contribution is 1.91. The molecular formula is C7H18N4O2. The molecule has 0 amide bonds. The molecule has 2 N–H and O–H groups in total. The van der Waals surface area contributed by atoms with E-state index in [2.05, 4.69) is 10.6 Å². The van der Waals surface area contributed by atoms with Gasteiger partial charge >= 0.3 is 0 Å². The van der Waals surface area contributed by atoms with E-state index in [9.17, 15) is 5.21 Å². The summed E-state index contributed by atoms with van der Waals surface area (Å²) < 4.78 is 0. The molecular weight excluding hydrogens is 172 g/mol. The number of hydrogen-bond donors (Lipinski definition) is 2. The molecule has 6 nitrogen and oxygen atoms in total. The fraction of sp³-hybridized carbons (Fsp3) is 1.00. The smallest absolute Gasteiger partial charge is 0.230 e. The van der Waals surface area contributed by atoms with Crippen LogP contribution >= 0.6 is 0 Å². The minimum Gasteiger partial charge on any atom is -0.569 e. The summed E-state index contributed by atoms with van der Waals surface area (Å²) in [5.41, 5.74) is 0. The van der Waals surface area contributed by atoms with Crippen molar-refractivity contribution in [2.75, 3.05) is 26.2 Å². The van der Waals surface area contributed by atoms with Crippen molar-refractivity contribution >= 4 is 0 Å². The molecule has 78 valence electrons. The highest BCUT2D eigenvalue weighted by molar-refractivity contribution is 4.47. The summed E-state index contributed by atoms with van der Waals surface area (Å²) in [5, 5.41) is 26.1. The number of hydrogen-bond acceptors (Lipinski definition) is 3. The van der Waals surface area contributed by atoms with E-state index in [0.717, 1.165) is 19.5 Å². The van der Waals surface area contributed by atoms with Gasteiger partial charge < -0.3 is 15.7 Å². The van der Waals surface area contributed by atoms with E-state index in [1.807, 2.05) is 13.8 Å². The van der Waals surface area contributed by atoms with Gasteiger partial charge in [0, 0.05) is 0 Å². The van der Waals surface area contributed by atoms with Gasteiger partial charge in [0.2, 0.25) is 5.28 Å².